The number of anilines is 1. The first-order valence-electron chi connectivity index (χ1n) is 9.67. The second-order valence-electron chi connectivity index (χ2n) is 6.80. The molecule has 1 aliphatic carbocycles. The Kier molecular flexibility index (Phi) is 5.86. The SMILES string of the molecule is CCOC(=O)c1c(NC(=O)[C@H](C)Sc2nnc3ccccn23)sc2c1CCCC2. The Bertz CT molecular complexity index is 1060. The second-order valence-corrected chi connectivity index (χ2v) is 9.21. The molecule has 0 saturated carbocycles. The van der Waals surface area contributed by atoms with Gasteiger partial charge in [0.25, 0.3) is 0 Å². The first-order chi connectivity index (χ1) is 14.1. The van der Waals surface area contributed by atoms with Crippen LogP contribution in [0.5, 0.6) is 0 Å². The van der Waals surface area contributed by atoms with Gasteiger partial charge in [0.05, 0.1) is 17.4 Å². The predicted octanol–water partition coefficient (Wildman–Crippen LogP) is 3.97. The molecule has 152 valence electrons. The van der Waals surface area contributed by atoms with Gasteiger partial charge in [-0.25, -0.2) is 4.79 Å². The standard InChI is InChI=1S/C20H22N4O3S2/c1-3-27-19(26)16-13-8-4-5-9-14(13)29-18(16)21-17(25)12(2)28-20-23-22-15-10-6-7-11-24(15)20/h6-7,10-12H,3-5,8-9H2,1-2H3,(H,21,25)/t12-/m0/s1. The lowest BCUT2D eigenvalue weighted by atomic mass is 9.95. The summed E-state index contributed by atoms with van der Waals surface area (Å²) in [5, 5.41) is 12.1. The molecule has 0 aliphatic heterocycles. The number of nitrogens with one attached hydrogen (secondary N) is 1. The summed E-state index contributed by atoms with van der Waals surface area (Å²) >= 11 is 2.83. The van der Waals surface area contributed by atoms with Crippen LogP contribution in [0, 0.1) is 0 Å². The fourth-order valence-corrected chi connectivity index (χ4v) is 5.52. The molecule has 1 atom stereocenters. The van der Waals surface area contributed by atoms with E-state index in [1.807, 2.05) is 35.7 Å². The van der Waals surface area contributed by atoms with Gasteiger partial charge in [-0.15, -0.1) is 21.5 Å². The number of ether oxygens (including phenoxy) is 1. The van der Waals surface area contributed by atoms with E-state index in [0.717, 1.165) is 36.9 Å². The first kappa shape index (κ1) is 19.9. The van der Waals surface area contributed by atoms with Crippen molar-refractivity contribution in [2.24, 2.45) is 0 Å². The van der Waals surface area contributed by atoms with Crippen molar-refractivity contribution in [2.75, 3.05) is 11.9 Å². The number of thiophene rings is 1. The van der Waals surface area contributed by atoms with Crippen molar-refractivity contribution in [2.45, 2.75) is 49.9 Å². The Morgan fingerprint density at radius 3 is 2.97 bits per heavy atom. The Hall–Kier alpha value is -2.39. The Morgan fingerprint density at radius 1 is 1.31 bits per heavy atom. The summed E-state index contributed by atoms with van der Waals surface area (Å²) in [4.78, 5) is 26.6. The van der Waals surface area contributed by atoms with Crippen LogP contribution in [0.25, 0.3) is 5.65 Å². The lowest BCUT2D eigenvalue weighted by Crippen LogP contribution is -2.23. The number of fused-ring (bicyclic) bond motifs is 2. The highest BCUT2D eigenvalue weighted by Crippen LogP contribution is 2.39. The van der Waals surface area contributed by atoms with Gasteiger partial charge in [0.15, 0.2) is 10.8 Å². The van der Waals surface area contributed by atoms with Crippen molar-refractivity contribution in [1.82, 2.24) is 14.6 Å². The van der Waals surface area contributed by atoms with Crippen LogP contribution in [0.2, 0.25) is 0 Å². The predicted molar refractivity (Wildman–Crippen MR) is 114 cm³/mol. The number of amides is 1. The molecule has 3 aromatic heterocycles. The van der Waals surface area contributed by atoms with E-state index in [1.165, 1.54) is 28.0 Å². The zero-order chi connectivity index (χ0) is 20.4. The van der Waals surface area contributed by atoms with Crippen molar-refractivity contribution >= 4 is 45.6 Å². The lowest BCUT2D eigenvalue weighted by molar-refractivity contribution is -0.115. The van der Waals surface area contributed by atoms with Crippen molar-refractivity contribution < 1.29 is 14.3 Å². The molecule has 1 aliphatic rings. The molecular formula is C20H22N4O3S2. The lowest BCUT2D eigenvalue weighted by Gasteiger charge is -2.13. The summed E-state index contributed by atoms with van der Waals surface area (Å²) in [6, 6.07) is 5.65. The summed E-state index contributed by atoms with van der Waals surface area (Å²) in [6.45, 7) is 3.92. The first-order valence-corrected chi connectivity index (χ1v) is 11.4. The minimum Gasteiger partial charge on any atom is -0.462 e. The third-order valence-corrected chi connectivity index (χ3v) is 7.09. The summed E-state index contributed by atoms with van der Waals surface area (Å²) in [5.74, 6) is -0.530. The molecule has 0 fully saturated rings. The summed E-state index contributed by atoms with van der Waals surface area (Å²) in [6.07, 6.45) is 5.82. The maximum Gasteiger partial charge on any atom is 0.341 e. The van der Waals surface area contributed by atoms with Gasteiger partial charge in [-0.3, -0.25) is 9.20 Å². The fraction of sp³-hybridized carbons (Fsp3) is 0.400. The molecule has 0 unspecified atom stereocenters. The number of hydrogen-bond donors (Lipinski definition) is 1. The molecular weight excluding hydrogens is 408 g/mol. The number of aromatic nitrogens is 3. The number of carbonyl (C=O) groups excluding carboxylic acids is 2. The van der Waals surface area contributed by atoms with Crippen molar-refractivity contribution in [1.29, 1.82) is 0 Å². The van der Waals surface area contributed by atoms with Crippen molar-refractivity contribution in [3.8, 4) is 0 Å². The normalized spacial score (nSPS) is 14.4. The van der Waals surface area contributed by atoms with Crippen LogP contribution >= 0.6 is 23.1 Å². The maximum absolute atomic E-state index is 12.9. The van der Waals surface area contributed by atoms with Gasteiger partial charge in [0.2, 0.25) is 5.91 Å². The molecule has 29 heavy (non-hydrogen) atoms. The summed E-state index contributed by atoms with van der Waals surface area (Å²) < 4.78 is 7.11. The van der Waals surface area contributed by atoms with Crippen molar-refractivity contribution in [3.05, 3.63) is 40.4 Å². The third kappa shape index (κ3) is 4.02. The topological polar surface area (TPSA) is 85.6 Å². The minimum absolute atomic E-state index is 0.174. The van der Waals surface area contributed by atoms with Gasteiger partial charge >= 0.3 is 5.97 Å². The number of nitrogens with zero attached hydrogens (tertiary/aromatic N) is 3. The van der Waals surface area contributed by atoms with E-state index in [2.05, 4.69) is 15.5 Å². The van der Waals surface area contributed by atoms with Gasteiger partial charge < -0.3 is 10.1 Å². The zero-order valence-corrected chi connectivity index (χ0v) is 17.9. The molecule has 1 N–H and O–H groups in total. The average molecular weight is 431 g/mol. The van der Waals surface area contributed by atoms with Crippen LogP contribution in [0.3, 0.4) is 0 Å². The maximum atomic E-state index is 12.9. The van der Waals surface area contributed by atoms with E-state index in [0.29, 0.717) is 22.3 Å². The Morgan fingerprint density at radius 2 is 2.14 bits per heavy atom. The van der Waals surface area contributed by atoms with E-state index in [4.69, 9.17) is 4.74 Å². The van der Waals surface area contributed by atoms with Crippen LogP contribution in [-0.4, -0.2) is 38.3 Å². The van der Waals surface area contributed by atoms with E-state index in [1.54, 1.807) is 6.92 Å². The molecule has 0 spiro atoms. The molecule has 0 bridgehead atoms. The number of hydrogen-bond acceptors (Lipinski definition) is 7. The molecule has 0 saturated heterocycles. The summed E-state index contributed by atoms with van der Waals surface area (Å²) in [5.41, 5.74) is 2.31. The highest BCUT2D eigenvalue weighted by atomic mass is 32.2. The molecule has 7 nitrogen and oxygen atoms in total. The third-order valence-electron chi connectivity index (χ3n) is 4.82. The van der Waals surface area contributed by atoms with E-state index >= 15 is 0 Å². The van der Waals surface area contributed by atoms with Crippen LogP contribution in [0.15, 0.2) is 29.6 Å². The molecule has 0 radical (unpaired) electrons. The number of pyridine rings is 1. The van der Waals surface area contributed by atoms with Crippen LogP contribution in [0.4, 0.5) is 5.00 Å². The van der Waals surface area contributed by atoms with Gasteiger partial charge in [0.1, 0.15) is 5.00 Å². The number of thioether (sulfide) groups is 1. The van der Waals surface area contributed by atoms with Gasteiger partial charge in [0, 0.05) is 11.1 Å². The quantitative estimate of drug-likeness (QED) is 0.471. The van der Waals surface area contributed by atoms with Crippen LogP contribution < -0.4 is 5.32 Å². The highest BCUT2D eigenvalue weighted by molar-refractivity contribution is 8.00. The molecule has 9 heteroatoms. The van der Waals surface area contributed by atoms with E-state index in [-0.39, 0.29) is 11.9 Å². The Balaban J connectivity index is 1.54. The largest absolute Gasteiger partial charge is 0.462 e. The summed E-state index contributed by atoms with van der Waals surface area (Å²) in [7, 11) is 0. The molecule has 3 aromatic rings. The number of aryl methyl sites for hydroxylation is 1. The highest BCUT2D eigenvalue weighted by Gasteiger charge is 2.28. The number of carbonyl (C=O) groups is 2. The zero-order valence-electron chi connectivity index (χ0n) is 16.3. The minimum atomic E-state index is -0.406. The Labute approximate surface area is 176 Å². The van der Waals surface area contributed by atoms with Gasteiger partial charge in [-0.05, 0) is 57.2 Å². The fourth-order valence-electron chi connectivity index (χ4n) is 3.40. The molecule has 3 heterocycles. The van der Waals surface area contributed by atoms with Crippen LogP contribution in [-0.2, 0) is 22.4 Å². The molecule has 4 rings (SSSR count). The van der Waals surface area contributed by atoms with Crippen molar-refractivity contribution in [3.63, 3.8) is 0 Å². The monoisotopic (exact) mass is 430 g/mol. The van der Waals surface area contributed by atoms with E-state index < -0.39 is 5.25 Å². The van der Waals surface area contributed by atoms with Gasteiger partial charge in [-0.1, -0.05) is 17.8 Å². The average Bonchev–Trinajstić information content (AvgIpc) is 3.29. The van der Waals surface area contributed by atoms with E-state index in [9.17, 15) is 9.59 Å². The molecule has 1 amide bonds. The van der Waals surface area contributed by atoms with Gasteiger partial charge in [-0.2, -0.15) is 0 Å². The smallest absolute Gasteiger partial charge is 0.341 e. The number of rotatable bonds is 6. The second kappa shape index (κ2) is 8.54. The van der Waals surface area contributed by atoms with Crippen LogP contribution in [0.1, 0.15) is 47.5 Å². The number of esters is 1. The molecule has 0 aromatic carbocycles.